The fourth-order valence-electron chi connectivity index (χ4n) is 5.97. The zero-order chi connectivity index (χ0) is 31.7. The summed E-state index contributed by atoms with van der Waals surface area (Å²) in [7, 11) is 0. The molecule has 44 heavy (non-hydrogen) atoms. The first-order chi connectivity index (χ1) is 21.2. The molecular formula is C32H38N6O6. The third-order valence-corrected chi connectivity index (χ3v) is 7.95. The summed E-state index contributed by atoms with van der Waals surface area (Å²) in [5, 5.41) is 1.35. The average molecular weight is 603 g/mol. The molecular weight excluding hydrogens is 564 g/mol. The number of carbonyl (C=O) groups excluding carboxylic acids is 2. The van der Waals surface area contributed by atoms with Crippen LogP contribution in [0.3, 0.4) is 0 Å². The highest BCUT2D eigenvalue weighted by atomic mass is 16.5. The van der Waals surface area contributed by atoms with Crippen LogP contribution in [0.15, 0.2) is 33.9 Å². The fraction of sp³-hybridized carbons (Fsp3) is 0.438. The van der Waals surface area contributed by atoms with Crippen LogP contribution in [0.2, 0.25) is 0 Å². The van der Waals surface area contributed by atoms with Gasteiger partial charge < -0.3 is 19.3 Å². The molecule has 0 bridgehead atoms. The zero-order valence-corrected chi connectivity index (χ0v) is 26.1. The maximum atomic E-state index is 13.7. The van der Waals surface area contributed by atoms with Crippen molar-refractivity contribution in [1.29, 1.82) is 0 Å². The lowest BCUT2D eigenvalue weighted by molar-refractivity contribution is 0.0514. The number of ether oxygens (including phenoxy) is 2. The van der Waals surface area contributed by atoms with Gasteiger partial charge in [-0.25, -0.2) is 19.6 Å². The van der Waals surface area contributed by atoms with Gasteiger partial charge in [-0.15, -0.1) is 0 Å². The van der Waals surface area contributed by atoms with Crippen molar-refractivity contribution in [2.45, 2.75) is 54.6 Å². The standard InChI is InChI=1S/C32H38N6O6/c1-7-37-27-21(13-11-19(5)33-27)25(23(29(37)39)31(41)43-9-3)35-15-17-36(18-16-35)26-22-14-12-20(6)34-28(22)38(8-2)30(40)24(26)32(42)44-10-4/h11-14H,7-10,15-18H2,1-6H3. The Bertz CT molecular complexity index is 1750. The van der Waals surface area contributed by atoms with Crippen molar-refractivity contribution in [3.8, 4) is 0 Å². The van der Waals surface area contributed by atoms with Gasteiger partial charge in [-0.2, -0.15) is 0 Å². The second-order valence-electron chi connectivity index (χ2n) is 10.6. The molecule has 5 rings (SSSR count). The largest absolute Gasteiger partial charge is 0.462 e. The number of carbonyl (C=O) groups is 2. The quantitative estimate of drug-likeness (QED) is 0.277. The van der Waals surface area contributed by atoms with Crippen LogP contribution in [0, 0.1) is 13.8 Å². The van der Waals surface area contributed by atoms with Crippen LogP contribution in [0.1, 0.15) is 59.8 Å². The van der Waals surface area contributed by atoms with Gasteiger partial charge in [0.05, 0.1) is 24.6 Å². The summed E-state index contributed by atoms with van der Waals surface area (Å²) < 4.78 is 13.7. The number of nitrogens with zero attached hydrogens (tertiary/aromatic N) is 6. The van der Waals surface area contributed by atoms with Crippen molar-refractivity contribution in [1.82, 2.24) is 19.1 Å². The van der Waals surface area contributed by atoms with Gasteiger partial charge in [0, 0.05) is 61.4 Å². The molecule has 0 aromatic carbocycles. The van der Waals surface area contributed by atoms with Crippen molar-refractivity contribution in [2.24, 2.45) is 0 Å². The monoisotopic (exact) mass is 602 g/mol. The maximum Gasteiger partial charge on any atom is 0.345 e. The molecule has 12 heteroatoms. The topological polar surface area (TPSA) is 129 Å². The molecule has 0 radical (unpaired) electrons. The van der Waals surface area contributed by atoms with Gasteiger partial charge in [0.2, 0.25) is 0 Å². The Hall–Kier alpha value is -4.74. The van der Waals surface area contributed by atoms with Gasteiger partial charge in [0.1, 0.15) is 22.4 Å². The van der Waals surface area contributed by atoms with E-state index in [0.29, 0.717) is 72.7 Å². The molecule has 1 fully saturated rings. The predicted molar refractivity (Wildman–Crippen MR) is 169 cm³/mol. The van der Waals surface area contributed by atoms with Gasteiger partial charge in [0.25, 0.3) is 11.1 Å². The highest BCUT2D eigenvalue weighted by Crippen LogP contribution is 2.34. The summed E-state index contributed by atoms with van der Waals surface area (Å²) in [5.74, 6) is -1.36. The molecule has 12 nitrogen and oxygen atoms in total. The minimum Gasteiger partial charge on any atom is -0.462 e. The van der Waals surface area contributed by atoms with E-state index in [4.69, 9.17) is 9.47 Å². The van der Waals surface area contributed by atoms with Gasteiger partial charge in [-0.05, 0) is 65.8 Å². The summed E-state index contributed by atoms with van der Waals surface area (Å²) in [6, 6.07) is 7.49. The Morgan fingerprint density at radius 2 is 1.02 bits per heavy atom. The molecule has 1 saturated heterocycles. The Morgan fingerprint density at radius 1 is 0.659 bits per heavy atom. The normalized spacial score (nSPS) is 13.5. The molecule has 1 aliphatic rings. The van der Waals surface area contributed by atoms with Crippen LogP contribution in [-0.4, -0.2) is 70.4 Å². The van der Waals surface area contributed by atoms with E-state index >= 15 is 0 Å². The number of hydrogen-bond donors (Lipinski definition) is 0. The summed E-state index contributed by atoms with van der Waals surface area (Å²) in [6.45, 7) is 13.3. The van der Waals surface area contributed by atoms with Crippen molar-refractivity contribution >= 4 is 45.4 Å². The maximum absolute atomic E-state index is 13.7. The van der Waals surface area contributed by atoms with Crippen LogP contribution in [-0.2, 0) is 22.6 Å². The Labute approximate surface area is 254 Å². The molecule has 0 unspecified atom stereocenters. The Balaban J connectivity index is 1.65. The second kappa shape index (κ2) is 12.5. The van der Waals surface area contributed by atoms with Crippen LogP contribution in [0.5, 0.6) is 0 Å². The molecule has 0 N–H and O–H groups in total. The minimum absolute atomic E-state index is 0.0248. The third-order valence-electron chi connectivity index (χ3n) is 7.95. The van der Waals surface area contributed by atoms with E-state index in [1.807, 2.05) is 61.8 Å². The first-order valence-electron chi connectivity index (χ1n) is 15.1. The van der Waals surface area contributed by atoms with Crippen molar-refractivity contribution in [2.75, 3.05) is 49.2 Å². The molecule has 4 aromatic heterocycles. The van der Waals surface area contributed by atoms with Crippen LogP contribution in [0.4, 0.5) is 11.4 Å². The molecule has 0 amide bonds. The number of anilines is 2. The third kappa shape index (κ3) is 5.18. The lowest BCUT2D eigenvalue weighted by atomic mass is 10.1. The van der Waals surface area contributed by atoms with Gasteiger partial charge in [0.15, 0.2) is 0 Å². The minimum atomic E-state index is -0.681. The molecule has 0 saturated carbocycles. The van der Waals surface area contributed by atoms with E-state index in [1.165, 1.54) is 9.13 Å². The van der Waals surface area contributed by atoms with E-state index in [1.54, 1.807) is 13.8 Å². The van der Waals surface area contributed by atoms with E-state index < -0.39 is 23.1 Å². The van der Waals surface area contributed by atoms with E-state index in [0.717, 1.165) is 11.4 Å². The molecule has 1 aliphatic heterocycles. The molecule has 0 aliphatic carbocycles. The summed E-state index contributed by atoms with van der Waals surface area (Å²) in [5.41, 5.74) is 2.52. The first kappa shape index (κ1) is 30.7. The zero-order valence-electron chi connectivity index (χ0n) is 26.1. The van der Waals surface area contributed by atoms with E-state index in [2.05, 4.69) is 9.97 Å². The van der Waals surface area contributed by atoms with Crippen LogP contribution < -0.4 is 20.9 Å². The predicted octanol–water partition coefficient (Wildman–Crippen LogP) is 3.44. The highest BCUT2D eigenvalue weighted by molar-refractivity contribution is 6.06. The van der Waals surface area contributed by atoms with E-state index in [9.17, 15) is 19.2 Å². The number of fused-ring (bicyclic) bond motifs is 2. The fourth-order valence-corrected chi connectivity index (χ4v) is 5.97. The van der Waals surface area contributed by atoms with Crippen LogP contribution in [0.25, 0.3) is 22.1 Å². The van der Waals surface area contributed by atoms with Gasteiger partial charge in [-0.3, -0.25) is 18.7 Å². The number of piperazine rings is 1. The molecule has 232 valence electrons. The lowest BCUT2D eigenvalue weighted by Gasteiger charge is -2.39. The number of esters is 2. The van der Waals surface area contributed by atoms with Gasteiger partial charge in [-0.1, -0.05) is 0 Å². The number of pyridine rings is 4. The summed E-state index contributed by atoms with van der Waals surface area (Å²) >= 11 is 0. The SMILES string of the molecule is CCOC(=O)c1c(N2CCN(c3c(C(=O)OCC)c(=O)n(CC)c4nc(C)ccc34)CC2)c2ccc(C)nc2n(CC)c1=O. The lowest BCUT2D eigenvalue weighted by Crippen LogP contribution is -2.49. The molecule has 0 atom stereocenters. The number of hydrogen-bond acceptors (Lipinski definition) is 10. The summed E-state index contributed by atoms with van der Waals surface area (Å²) in [4.78, 5) is 67.3. The molecule has 4 aromatic rings. The second-order valence-corrected chi connectivity index (χ2v) is 10.6. The smallest absolute Gasteiger partial charge is 0.345 e. The van der Waals surface area contributed by atoms with Crippen LogP contribution >= 0.6 is 0 Å². The number of rotatable bonds is 8. The van der Waals surface area contributed by atoms with Crippen molar-refractivity contribution in [3.63, 3.8) is 0 Å². The van der Waals surface area contributed by atoms with E-state index in [-0.39, 0.29) is 24.3 Å². The Morgan fingerprint density at radius 3 is 1.34 bits per heavy atom. The summed E-state index contributed by atoms with van der Waals surface area (Å²) in [6.07, 6.45) is 0. The Kier molecular flexibility index (Phi) is 8.70. The van der Waals surface area contributed by atoms with Crippen molar-refractivity contribution in [3.05, 3.63) is 67.5 Å². The van der Waals surface area contributed by atoms with Crippen molar-refractivity contribution < 1.29 is 19.1 Å². The number of aryl methyl sites for hydroxylation is 4. The number of aromatic nitrogens is 4. The molecule has 5 heterocycles. The van der Waals surface area contributed by atoms with Gasteiger partial charge >= 0.3 is 11.9 Å². The first-order valence-corrected chi connectivity index (χ1v) is 15.1. The average Bonchev–Trinajstić information content (AvgIpc) is 3.00. The highest BCUT2D eigenvalue weighted by Gasteiger charge is 2.33. The molecule has 0 spiro atoms.